The van der Waals surface area contributed by atoms with Gasteiger partial charge < -0.3 is 10.6 Å². The fraction of sp³-hybridized carbons (Fsp3) is 0.192. The lowest BCUT2D eigenvalue weighted by molar-refractivity contribution is 0.602. The van der Waals surface area contributed by atoms with Gasteiger partial charge in [-0.1, -0.05) is 67.4 Å². The van der Waals surface area contributed by atoms with Gasteiger partial charge in [0.1, 0.15) is 0 Å². The Hall–Kier alpha value is -2.79. The van der Waals surface area contributed by atoms with Crippen molar-refractivity contribution in [2.75, 3.05) is 18.4 Å². The van der Waals surface area contributed by atoms with E-state index in [1.807, 2.05) is 54.6 Å². The molecular formula is C26H25Cl2N3O. The molecule has 0 atom stereocenters. The van der Waals surface area contributed by atoms with Crippen LogP contribution in [0.4, 0.5) is 5.69 Å². The lowest BCUT2D eigenvalue weighted by atomic mass is 9.99. The molecule has 0 saturated carbocycles. The fourth-order valence-electron chi connectivity index (χ4n) is 3.80. The van der Waals surface area contributed by atoms with E-state index in [9.17, 15) is 4.79 Å². The van der Waals surface area contributed by atoms with Crippen molar-refractivity contribution in [1.29, 1.82) is 0 Å². The molecule has 0 radical (unpaired) electrons. The van der Waals surface area contributed by atoms with Crippen molar-refractivity contribution < 1.29 is 0 Å². The molecule has 0 aliphatic heterocycles. The molecule has 2 N–H and O–H groups in total. The van der Waals surface area contributed by atoms with E-state index in [1.54, 1.807) is 16.7 Å². The SMILES string of the molecule is CC(C)NCCNc1cc(-c2ccccc2Cl)c2ccc(=O)n(-c3ccccc3Cl)c2c1. The average molecular weight is 466 g/mol. The highest BCUT2D eigenvalue weighted by Crippen LogP contribution is 2.36. The molecule has 4 aromatic rings. The summed E-state index contributed by atoms with van der Waals surface area (Å²) in [5, 5.41) is 8.98. The quantitative estimate of drug-likeness (QED) is 0.311. The molecule has 32 heavy (non-hydrogen) atoms. The van der Waals surface area contributed by atoms with Gasteiger partial charge >= 0.3 is 0 Å². The Bertz CT molecular complexity index is 1310. The van der Waals surface area contributed by atoms with E-state index in [1.165, 1.54) is 0 Å². The average Bonchev–Trinajstić information content (AvgIpc) is 2.77. The second-order valence-corrected chi connectivity index (χ2v) is 8.74. The van der Waals surface area contributed by atoms with Gasteiger partial charge in [-0.15, -0.1) is 0 Å². The number of halogens is 2. The Morgan fingerprint density at radius 3 is 2.28 bits per heavy atom. The summed E-state index contributed by atoms with van der Waals surface area (Å²) >= 11 is 13.0. The molecule has 0 spiro atoms. The predicted molar refractivity (Wildman–Crippen MR) is 137 cm³/mol. The Morgan fingerprint density at radius 1 is 0.844 bits per heavy atom. The Labute approximate surface area is 197 Å². The molecule has 164 valence electrons. The maximum atomic E-state index is 13.0. The Kier molecular flexibility index (Phi) is 6.85. The first-order valence-corrected chi connectivity index (χ1v) is 11.4. The third kappa shape index (κ3) is 4.68. The number of hydrogen-bond donors (Lipinski definition) is 2. The molecule has 0 unspecified atom stereocenters. The van der Waals surface area contributed by atoms with Crippen molar-refractivity contribution in [1.82, 2.24) is 9.88 Å². The summed E-state index contributed by atoms with van der Waals surface area (Å²) in [6.45, 7) is 5.81. The number of hydrogen-bond acceptors (Lipinski definition) is 3. The molecule has 0 aliphatic rings. The minimum atomic E-state index is -0.144. The monoisotopic (exact) mass is 465 g/mol. The maximum absolute atomic E-state index is 13.0. The van der Waals surface area contributed by atoms with E-state index >= 15 is 0 Å². The molecule has 4 rings (SSSR count). The van der Waals surface area contributed by atoms with Crippen molar-refractivity contribution in [2.24, 2.45) is 0 Å². The first kappa shape index (κ1) is 22.4. The molecule has 1 aromatic heterocycles. The minimum Gasteiger partial charge on any atom is -0.384 e. The molecule has 0 bridgehead atoms. The highest BCUT2D eigenvalue weighted by Gasteiger charge is 2.15. The third-order valence-electron chi connectivity index (χ3n) is 5.28. The van der Waals surface area contributed by atoms with Crippen LogP contribution in [-0.2, 0) is 0 Å². The highest BCUT2D eigenvalue weighted by molar-refractivity contribution is 6.34. The largest absolute Gasteiger partial charge is 0.384 e. The van der Waals surface area contributed by atoms with Crippen molar-refractivity contribution in [3.05, 3.63) is 93.2 Å². The minimum absolute atomic E-state index is 0.144. The van der Waals surface area contributed by atoms with Crippen molar-refractivity contribution in [3.8, 4) is 16.8 Å². The number of nitrogens with zero attached hydrogens (tertiary/aromatic N) is 1. The van der Waals surface area contributed by atoms with Crippen LogP contribution in [0.2, 0.25) is 10.0 Å². The van der Waals surface area contributed by atoms with E-state index in [-0.39, 0.29) is 5.56 Å². The van der Waals surface area contributed by atoms with Gasteiger partial charge in [-0.05, 0) is 42.0 Å². The highest BCUT2D eigenvalue weighted by atomic mass is 35.5. The Morgan fingerprint density at radius 2 is 1.56 bits per heavy atom. The zero-order valence-corrected chi connectivity index (χ0v) is 19.5. The van der Waals surface area contributed by atoms with Gasteiger partial charge in [0, 0.05) is 46.9 Å². The van der Waals surface area contributed by atoms with Gasteiger partial charge in [-0.2, -0.15) is 0 Å². The molecule has 4 nitrogen and oxygen atoms in total. The lowest BCUT2D eigenvalue weighted by Gasteiger charge is -2.18. The maximum Gasteiger partial charge on any atom is 0.255 e. The van der Waals surface area contributed by atoms with E-state index < -0.39 is 0 Å². The molecular weight excluding hydrogens is 441 g/mol. The van der Waals surface area contributed by atoms with Crippen molar-refractivity contribution >= 4 is 39.8 Å². The molecule has 1 heterocycles. The summed E-state index contributed by atoms with van der Waals surface area (Å²) in [6, 6.07) is 23.0. The van der Waals surface area contributed by atoms with Gasteiger partial charge in [-0.25, -0.2) is 0 Å². The van der Waals surface area contributed by atoms with Crippen LogP contribution in [0.25, 0.3) is 27.7 Å². The number of nitrogens with one attached hydrogen (secondary N) is 2. The van der Waals surface area contributed by atoms with E-state index in [0.717, 1.165) is 40.8 Å². The predicted octanol–water partition coefficient (Wildman–Crippen LogP) is 6.37. The number of anilines is 1. The normalized spacial score (nSPS) is 11.3. The zero-order chi connectivity index (χ0) is 22.7. The summed E-state index contributed by atoms with van der Waals surface area (Å²) in [5.41, 5.74) is 4.04. The van der Waals surface area contributed by atoms with Crippen LogP contribution in [0.1, 0.15) is 13.8 Å². The van der Waals surface area contributed by atoms with Crippen LogP contribution in [-0.4, -0.2) is 23.7 Å². The first-order chi connectivity index (χ1) is 15.5. The topological polar surface area (TPSA) is 46.1 Å². The smallest absolute Gasteiger partial charge is 0.255 e. The number of pyridine rings is 1. The first-order valence-electron chi connectivity index (χ1n) is 10.6. The van der Waals surface area contributed by atoms with E-state index in [2.05, 4.69) is 30.5 Å². The number of aromatic nitrogens is 1. The van der Waals surface area contributed by atoms with Gasteiger partial charge in [-0.3, -0.25) is 9.36 Å². The lowest BCUT2D eigenvalue weighted by Crippen LogP contribution is -2.28. The Balaban J connectivity index is 1.94. The summed E-state index contributed by atoms with van der Waals surface area (Å²) in [7, 11) is 0. The van der Waals surface area contributed by atoms with Crippen LogP contribution >= 0.6 is 23.2 Å². The number of rotatable bonds is 7. The zero-order valence-electron chi connectivity index (χ0n) is 18.0. The second kappa shape index (κ2) is 9.78. The van der Waals surface area contributed by atoms with Crippen LogP contribution in [0.5, 0.6) is 0 Å². The molecule has 3 aromatic carbocycles. The van der Waals surface area contributed by atoms with Crippen LogP contribution in [0.15, 0.2) is 77.6 Å². The van der Waals surface area contributed by atoms with E-state index in [0.29, 0.717) is 21.8 Å². The molecule has 0 saturated heterocycles. The van der Waals surface area contributed by atoms with Crippen molar-refractivity contribution in [3.63, 3.8) is 0 Å². The third-order valence-corrected chi connectivity index (χ3v) is 5.93. The summed E-state index contributed by atoms with van der Waals surface area (Å²) < 4.78 is 1.66. The second-order valence-electron chi connectivity index (χ2n) is 7.93. The van der Waals surface area contributed by atoms with Gasteiger partial charge in [0.05, 0.1) is 16.2 Å². The standard InChI is InChI=1S/C26H25Cl2N3O/c1-17(2)29-13-14-30-18-15-21(19-7-3-4-8-22(19)27)20-11-12-26(32)31(25(20)16-18)24-10-6-5-9-23(24)28/h3-12,15-17,29-30H,13-14H2,1-2H3. The molecule has 0 aliphatic carbocycles. The van der Waals surface area contributed by atoms with Crippen LogP contribution < -0.4 is 16.2 Å². The molecule has 0 amide bonds. The fourth-order valence-corrected chi connectivity index (χ4v) is 4.26. The summed E-state index contributed by atoms with van der Waals surface area (Å²) in [4.78, 5) is 13.0. The summed E-state index contributed by atoms with van der Waals surface area (Å²) in [6.07, 6.45) is 0. The van der Waals surface area contributed by atoms with Crippen LogP contribution in [0, 0.1) is 0 Å². The number of fused-ring (bicyclic) bond motifs is 1. The van der Waals surface area contributed by atoms with Crippen LogP contribution in [0.3, 0.4) is 0 Å². The number of para-hydroxylation sites is 1. The van der Waals surface area contributed by atoms with E-state index in [4.69, 9.17) is 23.2 Å². The molecule has 0 fully saturated rings. The number of benzene rings is 3. The van der Waals surface area contributed by atoms with Gasteiger partial charge in [0.15, 0.2) is 0 Å². The van der Waals surface area contributed by atoms with Gasteiger partial charge in [0.25, 0.3) is 5.56 Å². The summed E-state index contributed by atoms with van der Waals surface area (Å²) in [5.74, 6) is 0. The van der Waals surface area contributed by atoms with Crippen molar-refractivity contribution in [2.45, 2.75) is 19.9 Å². The molecule has 6 heteroatoms. The van der Waals surface area contributed by atoms with Gasteiger partial charge in [0.2, 0.25) is 0 Å².